The van der Waals surface area contributed by atoms with Crippen LogP contribution in [0.25, 0.3) is 0 Å². The molecular formula is C11H11NO4. The number of nitrogens with one attached hydrogen (secondary N) is 1. The molecule has 0 radical (unpaired) electrons. The van der Waals surface area contributed by atoms with Crippen LogP contribution in [-0.2, 0) is 9.53 Å². The number of carbonyl (C=O) groups is 2. The molecule has 1 aliphatic heterocycles. The molecule has 0 bridgehead atoms. The third kappa shape index (κ3) is 1.71. The van der Waals surface area contributed by atoms with E-state index in [1.165, 1.54) is 12.1 Å². The molecule has 0 aliphatic carbocycles. The molecule has 1 aliphatic rings. The lowest BCUT2D eigenvalue weighted by Gasteiger charge is -2.32. The number of rotatable bonds is 2. The van der Waals surface area contributed by atoms with Crippen molar-refractivity contribution >= 4 is 11.9 Å². The fraction of sp³-hybridized carbons (Fsp3) is 0.273. The summed E-state index contributed by atoms with van der Waals surface area (Å²) in [6, 6.07) is 5.53. The normalized spacial score (nSPS) is 23.2. The number of hydrogen-bond acceptors (Lipinski definition) is 4. The molecule has 1 heterocycles. The van der Waals surface area contributed by atoms with Gasteiger partial charge in [-0.2, -0.15) is 0 Å². The quantitative estimate of drug-likeness (QED) is 0.710. The number of phenols is 1. The van der Waals surface area contributed by atoms with Gasteiger partial charge in [0.1, 0.15) is 11.9 Å². The molecule has 2 N–H and O–H groups in total. The van der Waals surface area contributed by atoms with E-state index in [9.17, 15) is 14.7 Å². The standard InChI is InChI=1S/C11H11NO4/c1-6-9(11(15)16-6)12-10(14)7-4-2-3-5-8(7)13/h2-6,9,13H,1H3,(H,12,14)/t6-,9+/m1/s1. The number of carbonyl (C=O) groups excluding carboxylic acids is 2. The van der Waals surface area contributed by atoms with Crippen LogP contribution in [0.1, 0.15) is 17.3 Å². The highest BCUT2D eigenvalue weighted by molar-refractivity contribution is 5.99. The predicted octanol–water partition coefficient (Wildman–Crippen LogP) is 0.436. The number of hydrogen-bond donors (Lipinski definition) is 2. The van der Waals surface area contributed by atoms with E-state index in [2.05, 4.69) is 5.32 Å². The zero-order valence-corrected chi connectivity index (χ0v) is 8.64. The van der Waals surface area contributed by atoms with E-state index in [1.54, 1.807) is 19.1 Å². The average Bonchev–Trinajstić information content (AvgIpc) is 2.26. The molecule has 1 aromatic rings. The summed E-state index contributed by atoms with van der Waals surface area (Å²) in [7, 11) is 0. The molecule has 5 heteroatoms. The zero-order chi connectivity index (χ0) is 11.7. The molecule has 0 aromatic heterocycles. The summed E-state index contributed by atoms with van der Waals surface area (Å²) in [5.74, 6) is -1.04. The van der Waals surface area contributed by atoms with Crippen LogP contribution >= 0.6 is 0 Å². The highest BCUT2D eigenvalue weighted by Gasteiger charge is 2.40. The molecule has 0 unspecified atom stereocenters. The van der Waals surface area contributed by atoms with Crippen molar-refractivity contribution in [3.8, 4) is 5.75 Å². The molecule has 0 spiro atoms. The molecule has 84 valence electrons. The van der Waals surface area contributed by atoms with Gasteiger partial charge in [-0.1, -0.05) is 12.1 Å². The minimum atomic E-state index is -0.618. The van der Waals surface area contributed by atoms with Crippen LogP contribution in [0.3, 0.4) is 0 Å². The second kappa shape index (κ2) is 3.84. The van der Waals surface area contributed by atoms with Crippen LogP contribution in [0.2, 0.25) is 0 Å². The highest BCUT2D eigenvalue weighted by Crippen LogP contribution is 2.18. The van der Waals surface area contributed by atoms with Crippen LogP contribution in [0.5, 0.6) is 5.75 Å². The monoisotopic (exact) mass is 221 g/mol. The Labute approximate surface area is 92.0 Å². The van der Waals surface area contributed by atoms with E-state index in [0.717, 1.165) is 0 Å². The molecule has 1 fully saturated rings. The Balaban J connectivity index is 2.09. The van der Waals surface area contributed by atoms with Gasteiger partial charge in [0.15, 0.2) is 6.04 Å². The molecule has 5 nitrogen and oxygen atoms in total. The Morgan fingerprint density at radius 2 is 2.12 bits per heavy atom. The summed E-state index contributed by atoms with van der Waals surface area (Å²) in [5.41, 5.74) is 0.148. The maximum atomic E-state index is 11.7. The van der Waals surface area contributed by atoms with Crippen molar-refractivity contribution in [2.45, 2.75) is 19.1 Å². The number of ether oxygens (including phenoxy) is 1. The Morgan fingerprint density at radius 1 is 1.44 bits per heavy atom. The topological polar surface area (TPSA) is 75.6 Å². The van der Waals surface area contributed by atoms with Crippen molar-refractivity contribution in [3.63, 3.8) is 0 Å². The average molecular weight is 221 g/mol. The summed E-state index contributed by atoms with van der Waals surface area (Å²) in [6.07, 6.45) is -0.317. The van der Waals surface area contributed by atoms with Crippen molar-refractivity contribution in [1.29, 1.82) is 0 Å². The van der Waals surface area contributed by atoms with Gasteiger partial charge >= 0.3 is 5.97 Å². The first-order valence-electron chi connectivity index (χ1n) is 4.89. The van der Waals surface area contributed by atoms with Gasteiger partial charge in [0.05, 0.1) is 5.56 Å². The lowest BCUT2D eigenvalue weighted by Crippen LogP contribution is -2.58. The number of para-hydroxylation sites is 1. The molecule has 2 rings (SSSR count). The highest BCUT2D eigenvalue weighted by atomic mass is 16.6. The van der Waals surface area contributed by atoms with Gasteiger partial charge in [-0.15, -0.1) is 0 Å². The van der Waals surface area contributed by atoms with Crippen molar-refractivity contribution < 1.29 is 19.4 Å². The third-order valence-corrected chi connectivity index (χ3v) is 2.46. The number of cyclic esters (lactones) is 1. The van der Waals surface area contributed by atoms with Gasteiger partial charge in [0.2, 0.25) is 0 Å². The first-order chi connectivity index (χ1) is 7.59. The largest absolute Gasteiger partial charge is 0.507 e. The second-order valence-electron chi connectivity index (χ2n) is 3.61. The SMILES string of the molecule is C[C@H]1OC(=O)[C@H]1NC(=O)c1ccccc1O. The maximum Gasteiger partial charge on any atom is 0.332 e. The fourth-order valence-electron chi connectivity index (χ4n) is 1.50. The van der Waals surface area contributed by atoms with Crippen molar-refractivity contribution in [2.24, 2.45) is 0 Å². The Kier molecular flexibility index (Phi) is 2.52. The van der Waals surface area contributed by atoms with Crippen molar-refractivity contribution in [1.82, 2.24) is 5.32 Å². The van der Waals surface area contributed by atoms with Crippen LogP contribution in [-0.4, -0.2) is 29.1 Å². The molecule has 2 atom stereocenters. The predicted molar refractivity (Wildman–Crippen MR) is 54.9 cm³/mol. The minimum Gasteiger partial charge on any atom is -0.507 e. The van der Waals surface area contributed by atoms with Gasteiger partial charge in [-0.05, 0) is 19.1 Å². The van der Waals surface area contributed by atoms with E-state index in [-0.39, 0.29) is 17.4 Å². The van der Waals surface area contributed by atoms with Crippen molar-refractivity contribution in [2.75, 3.05) is 0 Å². The molecule has 1 aromatic carbocycles. The van der Waals surface area contributed by atoms with Crippen LogP contribution in [0.15, 0.2) is 24.3 Å². The van der Waals surface area contributed by atoms with E-state index in [4.69, 9.17) is 4.74 Å². The number of amides is 1. The zero-order valence-electron chi connectivity index (χ0n) is 8.64. The fourth-order valence-corrected chi connectivity index (χ4v) is 1.50. The van der Waals surface area contributed by atoms with Crippen molar-refractivity contribution in [3.05, 3.63) is 29.8 Å². The first kappa shape index (κ1) is 10.5. The summed E-state index contributed by atoms with van der Waals surface area (Å²) >= 11 is 0. The molecule has 1 saturated heterocycles. The van der Waals surface area contributed by atoms with Crippen LogP contribution < -0.4 is 5.32 Å². The summed E-state index contributed by atoms with van der Waals surface area (Å²) in [4.78, 5) is 22.7. The lowest BCUT2D eigenvalue weighted by atomic mass is 10.1. The lowest BCUT2D eigenvalue weighted by molar-refractivity contribution is -0.173. The summed E-state index contributed by atoms with van der Waals surface area (Å²) in [5, 5.41) is 11.9. The second-order valence-corrected chi connectivity index (χ2v) is 3.61. The molecular weight excluding hydrogens is 210 g/mol. The smallest absolute Gasteiger partial charge is 0.332 e. The number of phenolic OH excluding ortho intramolecular Hbond substituents is 1. The minimum absolute atomic E-state index is 0.111. The summed E-state index contributed by atoms with van der Waals surface area (Å²) in [6.45, 7) is 1.69. The van der Waals surface area contributed by atoms with E-state index < -0.39 is 17.9 Å². The van der Waals surface area contributed by atoms with Gasteiger partial charge in [0, 0.05) is 0 Å². The maximum absolute atomic E-state index is 11.7. The van der Waals surface area contributed by atoms with E-state index in [1.807, 2.05) is 0 Å². The van der Waals surface area contributed by atoms with Gasteiger partial charge < -0.3 is 15.2 Å². The van der Waals surface area contributed by atoms with E-state index >= 15 is 0 Å². The van der Waals surface area contributed by atoms with Gasteiger partial charge in [0.25, 0.3) is 5.91 Å². The van der Waals surface area contributed by atoms with E-state index in [0.29, 0.717) is 0 Å². The van der Waals surface area contributed by atoms with Gasteiger partial charge in [-0.25, -0.2) is 4.79 Å². The molecule has 16 heavy (non-hydrogen) atoms. The number of esters is 1. The molecule has 1 amide bonds. The number of benzene rings is 1. The third-order valence-electron chi connectivity index (χ3n) is 2.46. The van der Waals surface area contributed by atoms with Crippen LogP contribution in [0.4, 0.5) is 0 Å². The first-order valence-corrected chi connectivity index (χ1v) is 4.89. The Morgan fingerprint density at radius 3 is 2.69 bits per heavy atom. The summed E-state index contributed by atoms with van der Waals surface area (Å²) < 4.78 is 4.70. The van der Waals surface area contributed by atoms with Crippen LogP contribution in [0, 0.1) is 0 Å². The Bertz CT molecular complexity index is 443. The molecule has 0 saturated carbocycles. The Hall–Kier alpha value is -2.04. The van der Waals surface area contributed by atoms with Gasteiger partial charge in [-0.3, -0.25) is 4.79 Å². The number of aromatic hydroxyl groups is 1.